The van der Waals surface area contributed by atoms with E-state index in [1.165, 1.54) is 18.2 Å². The third kappa shape index (κ3) is 3.92. The number of benzene rings is 1. The lowest BCUT2D eigenvalue weighted by Gasteiger charge is -2.27. The Bertz CT molecular complexity index is 690. The minimum atomic E-state index is -0.848. The molecule has 0 spiro atoms. The van der Waals surface area contributed by atoms with E-state index in [1.807, 2.05) is 0 Å². The van der Waals surface area contributed by atoms with Crippen molar-refractivity contribution in [3.8, 4) is 0 Å². The van der Waals surface area contributed by atoms with Gasteiger partial charge in [0.05, 0.1) is 5.69 Å². The Morgan fingerprint density at radius 1 is 1.29 bits per heavy atom. The summed E-state index contributed by atoms with van der Waals surface area (Å²) in [5.41, 5.74) is -0.103. The number of likely N-dealkylation sites (tertiary alicyclic amines) is 1. The van der Waals surface area contributed by atoms with E-state index in [4.69, 9.17) is 0 Å². The first-order valence-corrected chi connectivity index (χ1v) is 8.70. The van der Waals surface area contributed by atoms with Crippen LogP contribution in [0.2, 0.25) is 0 Å². The minimum absolute atomic E-state index is 0.0961. The van der Waals surface area contributed by atoms with Crippen LogP contribution in [0.15, 0.2) is 23.2 Å². The van der Waals surface area contributed by atoms with E-state index in [1.54, 1.807) is 0 Å². The highest BCUT2D eigenvalue weighted by atomic mass is 32.2. The maximum atomic E-state index is 13.5. The summed E-state index contributed by atoms with van der Waals surface area (Å²) in [6.07, 6.45) is 3.23. The summed E-state index contributed by atoms with van der Waals surface area (Å²) >= 11 is 1.28. The average molecular weight is 353 g/mol. The fraction of sp³-hybridized carbons (Fsp3) is 0.438. The number of rotatable bonds is 3. The Hall–Kier alpha value is -1.96. The molecule has 2 aliphatic rings. The molecule has 2 aliphatic heterocycles. The number of carbonyl (C=O) groups is 2. The molecule has 0 saturated carbocycles. The summed E-state index contributed by atoms with van der Waals surface area (Å²) in [5.74, 6) is -2.40. The topological polar surface area (TPSA) is 61.8 Å². The average Bonchev–Trinajstić information content (AvgIpc) is 2.92. The van der Waals surface area contributed by atoms with Crippen molar-refractivity contribution < 1.29 is 18.4 Å². The number of hydrogen-bond acceptors (Lipinski definition) is 4. The lowest BCUT2D eigenvalue weighted by atomic mass is 10.1. The Labute approximate surface area is 142 Å². The summed E-state index contributed by atoms with van der Waals surface area (Å²) in [7, 11) is 0. The molecule has 0 bridgehead atoms. The standard InChI is InChI=1S/C16H17F2N3O2S/c17-10-4-5-12(11(18)8-10)19-14(22)9-13-15(23)20-16(24-13)21-6-2-1-3-7-21/h4-5,8,13H,1-3,6-7,9H2,(H,19,22)/t13-/m0/s1. The molecule has 128 valence electrons. The van der Waals surface area contributed by atoms with E-state index >= 15 is 0 Å². The highest BCUT2D eigenvalue weighted by Crippen LogP contribution is 2.29. The molecule has 24 heavy (non-hydrogen) atoms. The monoisotopic (exact) mass is 353 g/mol. The maximum absolute atomic E-state index is 13.5. The number of carbonyl (C=O) groups excluding carboxylic acids is 2. The Morgan fingerprint density at radius 2 is 2.04 bits per heavy atom. The number of piperidine rings is 1. The molecular weight excluding hydrogens is 336 g/mol. The largest absolute Gasteiger partial charge is 0.351 e. The van der Waals surface area contributed by atoms with E-state index in [0.717, 1.165) is 38.1 Å². The van der Waals surface area contributed by atoms with Crippen molar-refractivity contribution in [2.75, 3.05) is 18.4 Å². The molecule has 1 N–H and O–H groups in total. The molecule has 1 aromatic carbocycles. The zero-order valence-electron chi connectivity index (χ0n) is 12.9. The molecule has 1 atom stereocenters. The molecule has 0 unspecified atom stereocenters. The van der Waals surface area contributed by atoms with Crippen LogP contribution < -0.4 is 5.32 Å². The molecule has 0 aromatic heterocycles. The predicted molar refractivity (Wildman–Crippen MR) is 88.8 cm³/mol. The Morgan fingerprint density at radius 3 is 2.75 bits per heavy atom. The fourth-order valence-corrected chi connectivity index (χ4v) is 3.81. The van der Waals surface area contributed by atoms with Gasteiger partial charge in [-0.15, -0.1) is 0 Å². The van der Waals surface area contributed by atoms with E-state index in [-0.39, 0.29) is 18.0 Å². The number of thioether (sulfide) groups is 1. The first-order valence-electron chi connectivity index (χ1n) is 7.82. The predicted octanol–water partition coefficient (Wildman–Crippen LogP) is 2.78. The Kier molecular flexibility index (Phi) is 5.13. The summed E-state index contributed by atoms with van der Waals surface area (Å²) < 4.78 is 26.4. The third-order valence-corrected chi connectivity index (χ3v) is 5.14. The second-order valence-electron chi connectivity index (χ2n) is 5.76. The van der Waals surface area contributed by atoms with Gasteiger partial charge in [0.25, 0.3) is 5.91 Å². The van der Waals surface area contributed by atoms with E-state index in [2.05, 4.69) is 15.2 Å². The van der Waals surface area contributed by atoms with Gasteiger partial charge in [0.1, 0.15) is 16.9 Å². The van der Waals surface area contributed by atoms with Crippen molar-refractivity contribution >= 4 is 34.4 Å². The van der Waals surface area contributed by atoms with E-state index < -0.39 is 22.8 Å². The lowest BCUT2D eigenvalue weighted by molar-refractivity contribution is -0.121. The molecule has 1 fully saturated rings. The summed E-state index contributed by atoms with van der Waals surface area (Å²) in [6.45, 7) is 1.75. The lowest BCUT2D eigenvalue weighted by Crippen LogP contribution is -2.33. The molecule has 0 radical (unpaired) electrons. The van der Waals surface area contributed by atoms with Gasteiger partial charge in [-0.05, 0) is 31.4 Å². The number of nitrogens with zero attached hydrogens (tertiary/aromatic N) is 2. The third-order valence-electron chi connectivity index (χ3n) is 3.93. The van der Waals surface area contributed by atoms with Crippen LogP contribution in [0.25, 0.3) is 0 Å². The second kappa shape index (κ2) is 7.29. The summed E-state index contributed by atoms with van der Waals surface area (Å²) in [4.78, 5) is 30.1. The number of halogens is 2. The van der Waals surface area contributed by atoms with Crippen LogP contribution in [0.1, 0.15) is 25.7 Å². The van der Waals surface area contributed by atoms with Crippen LogP contribution in [0.5, 0.6) is 0 Å². The van der Waals surface area contributed by atoms with Crippen LogP contribution in [0.4, 0.5) is 14.5 Å². The van der Waals surface area contributed by atoms with Crippen LogP contribution in [-0.2, 0) is 9.59 Å². The number of amides is 2. The van der Waals surface area contributed by atoms with Gasteiger partial charge in [0, 0.05) is 25.6 Å². The van der Waals surface area contributed by atoms with Crippen molar-refractivity contribution in [2.24, 2.45) is 4.99 Å². The molecular formula is C16H17F2N3O2S. The number of amidine groups is 1. The minimum Gasteiger partial charge on any atom is -0.351 e. The van der Waals surface area contributed by atoms with Gasteiger partial charge in [0.15, 0.2) is 5.17 Å². The van der Waals surface area contributed by atoms with Crippen molar-refractivity contribution in [3.63, 3.8) is 0 Å². The van der Waals surface area contributed by atoms with Crippen molar-refractivity contribution in [2.45, 2.75) is 30.9 Å². The molecule has 0 aliphatic carbocycles. The second-order valence-corrected chi connectivity index (χ2v) is 6.93. The highest BCUT2D eigenvalue weighted by molar-refractivity contribution is 8.15. The SMILES string of the molecule is O=C(C[C@@H]1SC(N2CCCCC2)=NC1=O)Nc1ccc(F)cc1F. The van der Waals surface area contributed by atoms with Crippen LogP contribution in [0.3, 0.4) is 0 Å². The molecule has 8 heteroatoms. The van der Waals surface area contributed by atoms with Crippen molar-refractivity contribution in [3.05, 3.63) is 29.8 Å². The van der Waals surface area contributed by atoms with Crippen LogP contribution in [0, 0.1) is 11.6 Å². The molecule has 3 rings (SSSR count). The first-order chi connectivity index (χ1) is 11.5. The molecule has 1 aromatic rings. The van der Waals surface area contributed by atoms with Gasteiger partial charge in [-0.25, -0.2) is 8.78 Å². The Balaban J connectivity index is 1.56. The van der Waals surface area contributed by atoms with Gasteiger partial charge < -0.3 is 10.2 Å². The fourth-order valence-electron chi connectivity index (χ4n) is 2.69. The first kappa shape index (κ1) is 16.9. The zero-order chi connectivity index (χ0) is 17.1. The van der Waals surface area contributed by atoms with Gasteiger partial charge in [-0.1, -0.05) is 11.8 Å². The van der Waals surface area contributed by atoms with Crippen molar-refractivity contribution in [1.29, 1.82) is 0 Å². The van der Waals surface area contributed by atoms with Gasteiger partial charge in [-0.3, -0.25) is 9.59 Å². The van der Waals surface area contributed by atoms with Gasteiger partial charge in [-0.2, -0.15) is 4.99 Å². The van der Waals surface area contributed by atoms with Crippen LogP contribution >= 0.6 is 11.8 Å². The smallest absolute Gasteiger partial charge is 0.262 e. The number of anilines is 1. The van der Waals surface area contributed by atoms with Crippen LogP contribution in [-0.4, -0.2) is 40.2 Å². The van der Waals surface area contributed by atoms with Gasteiger partial charge >= 0.3 is 0 Å². The molecule has 2 heterocycles. The molecule has 2 amide bonds. The molecule has 1 saturated heterocycles. The van der Waals surface area contributed by atoms with Gasteiger partial charge in [0.2, 0.25) is 5.91 Å². The van der Waals surface area contributed by atoms with E-state index in [9.17, 15) is 18.4 Å². The number of nitrogens with one attached hydrogen (secondary N) is 1. The van der Waals surface area contributed by atoms with E-state index in [0.29, 0.717) is 11.2 Å². The maximum Gasteiger partial charge on any atom is 0.262 e. The quantitative estimate of drug-likeness (QED) is 0.908. The highest BCUT2D eigenvalue weighted by Gasteiger charge is 2.33. The summed E-state index contributed by atoms with van der Waals surface area (Å²) in [6, 6.07) is 2.91. The number of aliphatic imine (C=N–C) groups is 1. The molecule has 5 nitrogen and oxygen atoms in total. The normalized spacial score (nSPS) is 20.9. The number of hydrogen-bond donors (Lipinski definition) is 1. The summed E-state index contributed by atoms with van der Waals surface area (Å²) in [5, 5.41) is 2.45. The zero-order valence-corrected chi connectivity index (χ0v) is 13.7. The van der Waals surface area contributed by atoms with Crippen molar-refractivity contribution in [1.82, 2.24) is 4.90 Å².